The lowest BCUT2D eigenvalue weighted by atomic mass is 10.0. The number of hydrogen-bond acceptors (Lipinski definition) is 5. The largest absolute Gasteiger partial charge is 0.497 e. The molecule has 0 bridgehead atoms. The Morgan fingerprint density at radius 3 is 2.89 bits per heavy atom. The number of likely N-dealkylation sites (tertiary alicyclic amines) is 1. The fraction of sp³-hybridized carbons (Fsp3) is 0.500. The van der Waals surface area contributed by atoms with Crippen LogP contribution in [0.15, 0.2) is 27.4 Å². The highest BCUT2D eigenvalue weighted by Gasteiger charge is 2.28. The van der Waals surface area contributed by atoms with Gasteiger partial charge in [-0.1, -0.05) is 0 Å². The van der Waals surface area contributed by atoms with E-state index in [1.807, 2.05) is 31.0 Å². The number of methoxy groups -OCH3 is 1. The van der Waals surface area contributed by atoms with Crippen molar-refractivity contribution in [2.45, 2.75) is 38.6 Å². The molecule has 0 radical (unpaired) electrons. The van der Waals surface area contributed by atoms with E-state index in [1.165, 1.54) is 0 Å². The third-order valence-corrected chi connectivity index (χ3v) is 5.22. The van der Waals surface area contributed by atoms with Gasteiger partial charge in [-0.3, -0.25) is 4.79 Å². The Labute approximate surface area is 165 Å². The van der Waals surface area contributed by atoms with E-state index < -0.39 is 0 Å². The van der Waals surface area contributed by atoms with E-state index in [9.17, 15) is 9.59 Å². The van der Waals surface area contributed by atoms with Gasteiger partial charge in [0.15, 0.2) is 0 Å². The monoisotopic (exact) mass is 394 g/mol. The third-order valence-electron chi connectivity index (χ3n) is 5.22. The van der Waals surface area contributed by atoms with Gasteiger partial charge in [0.2, 0.25) is 5.91 Å². The molecule has 1 aromatic heterocycles. The van der Waals surface area contributed by atoms with E-state index in [1.54, 1.807) is 13.2 Å². The standard InChI is InChI=1S/C20H26N2O4.ClH/c1-13-16-7-6-15(25-3)11-18(16)26-20(24)17(13)8-9-19(23)22-10-4-5-14(22)12-21-2;/h6-7,11,14,21H,4-5,8-10,12H2,1-3H3;1H. The van der Waals surface area contributed by atoms with Crippen molar-refractivity contribution in [1.82, 2.24) is 10.2 Å². The van der Waals surface area contributed by atoms with Gasteiger partial charge in [0.25, 0.3) is 0 Å². The van der Waals surface area contributed by atoms with Crippen LogP contribution in [0.2, 0.25) is 0 Å². The van der Waals surface area contributed by atoms with Crippen molar-refractivity contribution in [3.63, 3.8) is 0 Å². The molecule has 1 fully saturated rings. The van der Waals surface area contributed by atoms with Gasteiger partial charge in [-0.2, -0.15) is 0 Å². The van der Waals surface area contributed by atoms with Crippen LogP contribution in [0.3, 0.4) is 0 Å². The van der Waals surface area contributed by atoms with Crippen molar-refractivity contribution in [3.05, 3.63) is 39.7 Å². The Morgan fingerprint density at radius 1 is 1.41 bits per heavy atom. The molecule has 1 N–H and O–H groups in total. The summed E-state index contributed by atoms with van der Waals surface area (Å²) in [4.78, 5) is 27.0. The maximum atomic E-state index is 12.6. The molecule has 1 aromatic carbocycles. The number of benzene rings is 1. The van der Waals surface area contributed by atoms with Crippen LogP contribution in [0.4, 0.5) is 0 Å². The van der Waals surface area contributed by atoms with Gasteiger partial charge in [-0.15, -0.1) is 12.4 Å². The Bertz CT molecular complexity index is 865. The summed E-state index contributed by atoms with van der Waals surface area (Å²) in [5.41, 5.74) is 1.60. The molecule has 2 heterocycles. The minimum atomic E-state index is -0.371. The maximum Gasteiger partial charge on any atom is 0.339 e. The molecule has 0 saturated carbocycles. The number of nitrogens with one attached hydrogen (secondary N) is 1. The van der Waals surface area contributed by atoms with Gasteiger partial charge >= 0.3 is 5.63 Å². The number of carbonyl (C=O) groups excluding carboxylic acids is 1. The highest BCUT2D eigenvalue weighted by molar-refractivity contribution is 5.85. The molecule has 27 heavy (non-hydrogen) atoms. The van der Waals surface area contributed by atoms with Crippen molar-refractivity contribution >= 4 is 29.3 Å². The number of ether oxygens (including phenoxy) is 1. The van der Waals surface area contributed by atoms with Crippen LogP contribution in [-0.2, 0) is 11.2 Å². The van der Waals surface area contributed by atoms with Crippen LogP contribution >= 0.6 is 12.4 Å². The first kappa shape index (κ1) is 21.3. The first-order valence-corrected chi connectivity index (χ1v) is 9.09. The van der Waals surface area contributed by atoms with E-state index in [0.717, 1.165) is 36.9 Å². The van der Waals surface area contributed by atoms with Gasteiger partial charge < -0.3 is 19.4 Å². The Morgan fingerprint density at radius 2 is 2.19 bits per heavy atom. The molecule has 1 atom stereocenters. The minimum Gasteiger partial charge on any atom is -0.497 e. The zero-order valence-corrected chi connectivity index (χ0v) is 16.9. The van der Waals surface area contributed by atoms with E-state index in [0.29, 0.717) is 29.7 Å². The molecule has 1 aliphatic rings. The number of aryl methyl sites for hydroxylation is 1. The second-order valence-electron chi connectivity index (χ2n) is 6.80. The summed E-state index contributed by atoms with van der Waals surface area (Å²) in [6.45, 7) is 3.52. The molecular formula is C20H27ClN2O4. The number of amides is 1. The summed E-state index contributed by atoms with van der Waals surface area (Å²) >= 11 is 0. The second kappa shape index (κ2) is 9.24. The molecule has 2 aromatic rings. The Balaban J connectivity index is 0.00000261. The molecule has 148 valence electrons. The van der Waals surface area contributed by atoms with Crippen LogP contribution < -0.4 is 15.7 Å². The minimum absolute atomic E-state index is 0. The molecule has 0 spiro atoms. The van der Waals surface area contributed by atoms with E-state index in [4.69, 9.17) is 9.15 Å². The lowest BCUT2D eigenvalue weighted by Crippen LogP contribution is -2.41. The van der Waals surface area contributed by atoms with Crippen molar-refractivity contribution in [1.29, 1.82) is 0 Å². The van der Waals surface area contributed by atoms with Crippen LogP contribution in [0.25, 0.3) is 11.0 Å². The molecule has 0 aliphatic carbocycles. The summed E-state index contributed by atoms with van der Waals surface area (Å²) in [5.74, 6) is 0.754. The topological polar surface area (TPSA) is 71.8 Å². The van der Waals surface area contributed by atoms with E-state index in [2.05, 4.69) is 5.32 Å². The van der Waals surface area contributed by atoms with Gasteiger partial charge in [-0.25, -0.2) is 4.79 Å². The predicted molar refractivity (Wildman–Crippen MR) is 108 cm³/mol. The summed E-state index contributed by atoms with van der Waals surface area (Å²) in [7, 11) is 3.48. The van der Waals surface area contributed by atoms with Crippen molar-refractivity contribution < 1.29 is 13.9 Å². The van der Waals surface area contributed by atoms with Crippen LogP contribution in [0.1, 0.15) is 30.4 Å². The van der Waals surface area contributed by atoms with Gasteiger partial charge in [0.05, 0.1) is 7.11 Å². The number of carbonyl (C=O) groups is 1. The van der Waals surface area contributed by atoms with Crippen LogP contribution in [0.5, 0.6) is 5.75 Å². The Kier molecular flexibility index (Phi) is 7.27. The van der Waals surface area contributed by atoms with Gasteiger partial charge in [-0.05, 0) is 50.9 Å². The number of fused-ring (bicyclic) bond motifs is 1. The molecule has 6 nitrogen and oxygen atoms in total. The first-order valence-electron chi connectivity index (χ1n) is 9.09. The van der Waals surface area contributed by atoms with Crippen molar-refractivity contribution in [3.8, 4) is 5.75 Å². The fourth-order valence-electron chi connectivity index (χ4n) is 3.78. The summed E-state index contributed by atoms with van der Waals surface area (Å²) in [6, 6.07) is 5.71. The highest BCUT2D eigenvalue weighted by atomic mass is 35.5. The summed E-state index contributed by atoms with van der Waals surface area (Å²) < 4.78 is 10.6. The van der Waals surface area contributed by atoms with Crippen LogP contribution in [0, 0.1) is 6.92 Å². The zero-order chi connectivity index (χ0) is 18.7. The number of hydrogen-bond donors (Lipinski definition) is 1. The van der Waals surface area contributed by atoms with E-state index in [-0.39, 0.29) is 30.0 Å². The molecule has 7 heteroatoms. The average Bonchev–Trinajstić information content (AvgIpc) is 3.09. The number of likely N-dealkylation sites (N-methyl/N-ethyl adjacent to an activating group) is 1. The molecule has 1 unspecified atom stereocenters. The average molecular weight is 395 g/mol. The molecule has 1 aliphatic heterocycles. The fourth-order valence-corrected chi connectivity index (χ4v) is 3.78. The van der Waals surface area contributed by atoms with Gasteiger partial charge in [0.1, 0.15) is 11.3 Å². The summed E-state index contributed by atoms with van der Waals surface area (Å²) in [6.07, 6.45) is 2.80. The van der Waals surface area contributed by atoms with Crippen molar-refractivity contribution in [2.75, 3.05) is 27.2 Å². The number of nitrogens with zero attached hydrogens (tertiary/aromatic N) is 1. The number of halogens is 1. The molecule has 3 rings (SSSR count). The second-order valence-corrected chi connectivity index (χ2v) is 6.80. The first-order chi connectivity index (χ1) is 12.5. The number of rotatable bonds is 6. The Hall–Kier alpha value is -2.05. The molecule has 1 saturated heterocycles. The van der Waals surface area contributed by atoms with Gasteiger partial charge in [0, 0.05) is 42.6 Å². The lowest BCUT2D eigenvalue weighted by Gasteiger charge is -2.24. The SMILES string of the molecule is CNCC1CCCN1C(=O)CCc1c(C)c2ccc(OC)cc2oc1=O.Cl. The predicted octanol–water partition coefficient (Wildman–Crippen LogP) is 2.67. The zero-order valence-electron chi connectivity index (χ0n) is 16.0. The third kappa shape index (κ3) is 4.45. The highest BCUT2D eigenvalue weighted by Crippen LogP contribution is 2.25. The molecular weight excluding hydrogens is 368 g/mol. The van der Waals surface area contributed by atoms with Crippen LogP contribution in [-0.4, -0.2) is 44.1 Å². The quantitative estimate of drug-likeness (QED) is 0.762. The summed E-state index contributed by atoms with van der Waals surface area (Å²) in [5, 5.41) is 4.02. The smallest absolute Gasteiger partial charge is 0.339 e. The maximum absolute atomic E-state index is 12.6. The lowest BCUT2D eigenvalue weighted by molar-refractivity contribution is -0.131. The molecule has 1 amide bonds. The normalized spacial score (nSPS) is 16.4. The van der Waals surface area contributed by atoms with Crippen molar-refractivity contribution in [2.24, 2.45) is 0 Å². The van der Waals surface area contributed by atoms with E-state index >= 15 is 0 Å².